The number of rotatable bonds is 6. The summed E-state index contributed by atoms with van der Waals surface area (Å²) in [7, 11) is 0. The van der Waals surface area contributed by atoms with E-state index in [1.54, 1.807) is 0 Å². The lowest BCUT2D eigenvalue weighted by atomic mass is 10.00. The maximum Gasteiger partial charge on any atom is 0.392 e. The van der Waals surface area contributed by atoms with Crippen LogP contribution in [0, 0.1) is 5.92 Å². The molecular weight excluding hydrogens is 197 g/mol. The zero-order chi connectivity index (χ0) is 11.2. The third-order valence-electron chi connectivity index (χ3n) is 1.60. The highest BCUT2D eigenvalue weighted by atomic mass is 19.4. The molecule has 0 aromatic carbocycles. The summed E-state index contributed by atoms with van der Waals surface area (Å²) in [4.78, 5) is 9.82. The molecule has 5 heteroatoms. The molecule has 0 aromatic rings. The van der Waals surface area contributed by atoms with E-state index in [9.17, 15) is 18.0 Å². The normalized spacial score (nSPS) is 13.1. The molecule has 2 nitrogen and oxygen atoms in total. The van der Waals surface area contributed by atoms with Crippen LogP contribution in [0.3, 0.4) is 0 Å². The minimum atomic E-state index is -4.33. The van der Waals surface area contributed by atoms with Gasteiger partial charge >= 0.3 is 6.18 Å². The molecule has 0 unspecified atom stereocenters. The molecule has 14 heavy (non-hydrogen) atoms. The smallest absolute Gasteiger partial charge is 0.392 e. The molecule has 0 rings (SSSR count). The van der Waals surface area contributed by atoms with E-state index in [0.29, 0.717) is 0 Å². The van der Waals surface area contributed by atoms with Crippen LogP contribution < -0.4 is 0 Å². The fourth-order valence-electron chi connectivity index (χ4n) is 0.925. The van der Waals surface area contributed by atoms with Crippen LogP contribution in [0.2, 0.25) is 0 Å². The predicted octanol–water partition coefficient (Wildman–Crippen LogP) is 2.82. The summed E-state index contributed by atoms with van der Waals surface area (Å²) in [6.07, 6.45) is -3.80. The van der Waals surface area contributed by atoms with Crippen LogP contribution in [-0.2, 0) is 9.53 Å². The molecule has 0 bridgehead atoms. The SMILES string of the molecule is C=CC[C@H](CC(=C)OC=O)C(F)(F)F. The van der Waals surface area contributed by atoms with E-state index in [2.05, 4.69) is 17.9 Å². The van der Waals surface area contributed by atoms with Gasteiger partial charge in [0, 0.05) is 6.42 Å². The summed E-state index contributed by atoms with van der Waals surface area (Å²) in [5.74, 6) is -1.78. The highest BCUT2D eigenvalue weighted by molar-refractivity contribution is 5.39. The second-order valence-electron chi connectivity index (χ2n) is 2.72. The zero-order valence-corrected chi connectivity index (χ0v) is 7.51. The van der Waals surface area contributed by atoms with E-state index >= 15 is 0 Å². The third kappa shape index (κ3) is 4.69. The van der Waals surface area contributed by atoms with Crippen molar-refractivity contribution >= 4 is 6.47 Å². The fourth-order valence-corrected chi connectivity index (χ4v) is 0.925. The molecular formula is C9H11F3O2. The Morgan fingerprint density at radius 3 is 2.43 bits per heavy atom. The number of carbonyl (C=O) groups is 1. The van der Waals surface area contributed by atoms with Crippen LogP contribution in [-0.4, -0.2) is 12.6 Å². The lowest BCUT2D eigenvalue weighted by Crippen LogP contribution is -2.23. The zero-order valence-electron chi connectivity index (χ0n) is 7.51. The second-order valence-corrected chi connectivity index (χ2v) is 2.72. The number of hydrogen-bond donors (Lipinski definition) is 0. The number of halogens is 3. The molecule has 0 heterocycles. The van der Waals surface area contributed by atoms with Gasteiger partial charge < -0.3 is 4.74 Å². The third-order valence-corrected chi connectivity index (χ3v) is 1.60. The van der Waals surface area contributed by atoms with Gasteiger partial charge in [0.15, 0.2) is 0 Å². The molecule has 0 fully saturated rings. The first-order chi connectivity index (χ1) is 6.41. The standard InChI is InChI=1S/C9H11F3O2/c1-3-4-8(9(10,11)12)5-7(2)14-6-13/h3,6,8H,1-2,4-5H2/t8-/m1/s1. The van der Waals surface area contributed by atoms with Gasteiger partial charge in [-0.2, -0.15) is 13.2 Å². The maximum atomic E-state index is 12.3. The maximum absolute atomic E-state index is 12.3. The summed E-state index contributed by atoms with van der Waals surface area (Å²) < 4.78 is 41.0. The van der Waals surface area contributed by atoms with Crippen molar-refractivity contribution in [1.29, 1.82) is 0 Å². The Morgan fingerprint density at radius 2 is 2.07 bits per heavy atom. The molecule has 0 aliphatic carbocycles. The van der Waals surface area contributed by atoms with Crippen molar-refractivity contribution in [3.63, 3.8) is 0 Å². The first-order valence-electron chi connectivity index (χ1n) is 3.87. The summed E-state index contributed by atoms with van der Waals surface area (Å²) in [5.41, 5.74) is 0. The van der Waals surface area contributed by atoms with Crippen LogP contribution >= 0.6 is 0 Å². The van der Waals surface area contributed by atoms with Crippen molar-refractivity contribution in [2.24, 2.45) is 5.92 Å². The molecule has 0 amide bonds. The van der Waals surface area contributed by atoms with Crippen LogP contribution in [0.15, 0.2) is 25.0 Å². The topological polar surface area (TPSA) is 26.3 Å². The van der Waals surface area contributed by atoms with Crippen molar-refractivity contribution in [2.45, 2.75) is 19.0 Å². The van der Waals surface area contributed by atoms with E-state index < -0.39 is 18.5 Å². The Kier molecular flexibility index (Phi) is 4.97. The first-order valence-corrected chi connectivity index (χ1v) is 3.87. The molecule has 1 atom stereocenters. The van der Waals surface area contributed by atoms with Crippen molar-refractivity contribution < 1.29 is 22.7 Å². The van der Waals surface area contributed by atoms with Gasteiger partial charge in [-0.1, -0.05) is 12.7 Å². The highest BCUT2D eigenvalue weighted by Gasteiger charge is 2.38. The molecule has 0 aliphatic rings. The van der Waals surface area contributed by atoms with Crippen LogP contribution in [0.5, 0.6) is 0 Å². The number of hydrogen-bond acceptors (Lipinski definition) is 2. The summed E-state index contributed by atoms with van der Waals surface area (Å²) in [6.45, 7) is 6.48. The van der Waals surface area contributed by atoms with Crippen LogP contribution in [0.25, 0.3) is 0 Å². The molecule has 80 valence electrons. The summed E-state index contributed by atoms with van der Waals surface area (Å²) in [5, 5.41) is 0. The molecule has 0 aromatic heterocycles. The lowest BCUT2D eigenvalue weighted by molar-refractivity contribution is -0.175. The minimum absolute atomic E-state index is 0.0592. The Hall–Kier alpha value is -1.26. The van der Waals surface area contributed by atoms with Crippen LogP contribution in [0.4, 0.5) is 13.2 Å². The van der Waals surface area contributed by atoms with Gasteiger partial charge in [0.25, 0.3) is 6.47 Å². The lowest BCUT2D eigenvalue weighted by Gasteiger charge is -2.18. The van der Waals surface area contributed by atoms with Crippen LogP contribution in [0.1, 0.15) is 12.8 Å². The predicted molar refractivity (Wildman–Crippen MR) is 45.3 cm³/mol. The number of ether oxygens (including phenoxy) is 1. The molecule has 0 saturated carbocycles. The largest absolute Gasteiger partial charge is 0.434 e. The van der Waals surface area contributed by atoms with Crippen molar-refractivity contribution in [2.75, 3.05) is 0 Å². The fraction of sp³-hybridized carbons (Fsp3) is 0.444. The van der Waals surface area contributed by atoms with E-state index in [1.165, 1.54) is 6.08 Å². The molecule has 0 saturated heterocycles. The Morgan fingerprint density at radius 1 is 1.50 bits per heavy atom. The van der Waals surface area contributed by atoms with Gasteiger partial charge in [0.2, 0.25) is 0 Å². The average molecular weight is 208 g/mol. The Labute approximate surface area is 80.1 Å². The Bertz CT molecular complexity index is 221. The summed E-state index contributed by atoms with van der Waals surface area (Å²) >= 11 is 0. The van der Waals surface area contributed by atoms with Crippen molar-refractivity contribution in [1.82, 2.24) is 0 Å². The molecule has 0 radical (unpaired) electrons. The van der Waals surface area contributed by atoms with Gasteiger partial charge in [-0.05, 0) is 6.42 Å². The van der Waals surface area contributed by atoms with Crippen molar-refractivity contribution in [3.05, 3.63) is 25.0 Å². The van der Waals surface area contributed by atoms with Gasteiger partial charge in [-0.3, -0.25) is 4.79 Å². The van der Waals surface area contributed by atoms with Gasteiger partial charge in [0.05, 0.1) is 5.92 Å². The number of carbonyl (C=O) groups excluding carboxylic acids is 1. The van der Waals surface area contributed by atoms with Crippen molar-refractivity contribution in [3.8, 4) is 0 Å². The molecule has 0 spiro atoms. The second kappa shape index (κ2) is 5.47. The average Bonchev–Trinajstić information content (AvgIpc) is 2.02. The summed E-state index contributed by atoms with van der Waals surface area (Å²) in [6, 6.07) is 0. The number of alkyl halides is 3. The van der Waals surface area contributed by atoms with E-state index in [1.807, 2.05) is 0 Å². The van der Waals surface area contributed by atoms with Gasteiger partial charge in [-0.25, -0.2) is 0 Å². The highest BCUT2D eigenvalue weighted by Crippen LogP contribution is 2.33. The quantitative estimate of drug-likeness (QED) is 0.381. The number of allylic oxidation sites excluding steroid dienone is 2. The molecule has 0 N–H and O–H groups in total. The van der Waals surface area contributed by atoms with E-state index in [4.69, 9.17) is 0 Å². The van der Waals surface area contributed by atoms with Gasteiger partial charge in [0.1, 0.15) is 5.76 Å². The molecule has 0 aliphatic heterocycles. The van der Waals surface area contributed by atoms with E-state index in [-0.39, 0.29) is 18.7 Å². The monoisotopic (exact) mass is 208 g/mol. The minimum Gasteiger partial charge on any atom is -0.434 e. The van der Waals surface area contributed by atoms with E-state index in [0.717, 1.165) is 0 Å². The first kappa shape index (κ1) is 12.7. The Balaban J connectivity index is 4.29. The van der Waals surface area contributed by atoms with Gasteiger partial charge in [-0.15, -0.1) is 6.58 Å².